The number of carbonyl (C=O) groups excluding carboxylic acids is 1. The van der Waals surface area contributed by atoms with Gasteiger partial charge in [0.05, 0.1) is 23.2 Å². The van der Waals surface area contributed by atoms with Crippen LogP contribution in [0.1, 0.15) is 31.0 Å². The fourth-order valence-electron chi connectivity index (χ4n) is 3.69. The molecule has 4 rings (SSSR count). The molecule has 156 valence electrons. The van der Waals surface area contributed by atoms with Crippen LogP contribution in [0.15, 0.2) is 53.7 Å². The lowest BCUT2D eigenvalue weighted by atomic mass is 9.96. The van der Waals surface area contributed by atoms with Crippen molar-refractivity contribution in [1.82, 2.24) is 14.8 Å². The summed E-state index contributed by atoms with van der Waals surface area (Å²) in [5.41, 5.74) is 4.19. The molecule has 8 heteroatoms. The van der Waals surface area contributed by atoms with Crippen LogP contribution in [0.25, 0.3) is 5.82 Å². The van der Waals surface area contributed by atoms with Gasteiger partial charge in [-0.25, -0.2) is 9.67 Å². The summed E-state index contributed by atoms with van der Waals surface area (Å²) in [6, 6.07) is 12.0. The van der Waals surface area contributed by atoms with Gasteiger partial charge in [0.25, 0.3) is 0 Å². The third kappa shape index (κ3) is 4.06. The van der Waals surface area contributed by atoms with E-state index in [4.69, 9.17) is 5.10 Å². The largest absolute Gasteiger partial charge is 0.387 e. The molecule has 0 amide bonds. The highest BCUT2D eigenvalue weighted by atomic mass is 32.2. The average Bonchev–Trinajstić information content (AvgIpc) is 3.22. The molecule has 2 aromatic heterocycles. The number of nitrogens with one attached hydrogen (secondary N) is 1. The van der Waals surface area contributed by atoms with Crippen LogP contribution >= 0.6 is 11.8 Å². The van der Waals surface area contributed by atoms with Gasteiger partial charge < -0.3 is 15.3 Å². The Morgan fingerprint density at radius 2 is 2.07 bits per heavy atom. The lowest BCUT2D eigenvalue weighted by Crippen LogP contribution is -2.60. The molecule has 0 spiro atoms. The van der Waals surface area contributed by atoms with Crippen molar-refractivity contribution >= 4 is 28.8 Å². The van der Waals surface area contributed by atoms with E-state index >= 15 is 0 Å². The first-order chi connectivity index (χ1) is 14.4. The predicted molar refractivity (Wildman–Crippen MR) is 120 cm³/mol. The number of hydrogen-bond acceptors (Lipinski definition) is 7. The van der Waals surface area contributed by atoms with Gasteiger partial charge in [-0.2, -0.15) is 5.10 Å². The molecule has 1 aliphatic heterocycles. The van der Waals surface area contributed by atoms with Crippen LogP contribution in [-0.4, -0.2) is 51.2 Å². The Labute approximate surface area is 180 Å². The molecule has 2 N–H and O–H groups in total. The first-order valence-electron chi connectivity index (χ1n) is 9.81. The van der Waals surface area contributed by atoms with Crippen molar-refractivity contribution in [2.24, 2.45) is 0 Å². The Bertz CT molecular complexity index is 1040. The van der Waals surface area contributed by atoms with Gasteiger partial charge in [-0.3, -0.25) is 4.79 Å². The van der Waals surface area contributed by atoms with Gasteiger partial charge in [0, 0.05) is 42.8 Å². The minimum atomic E-state index is -0.610. The van der Waals surface area contributed by atoms with Crippen LogP contribution in [0.2, 0.25) is 0 Å². The number of anilines is 2. The van der Waals surface area contributed by atoms with Gasteiger partial charge in [0.2, 0.25) is 0 Å². The number of benzene rings is 1. The minimum absolute atomic E-state index is 0.0748. The lowest BCUT2D eigenvalue weighted by Gasteiger charge is -2.45. The molecule has 7 nitrogen and oxygen atoms in total. The van der Waals surface area contributed by atoms with Crippen molar-refractivity contribution in [2.75, 3.05) is 30.4 Å². The maximum Gasteiger partial charge on any atom is 0.181 e. The smallest absolute Gasteiger partial charge is 0.181 e. The van der Waals surface area contributed by atoms with E-state index in [0.29, 0.717) is 13.1 Å². The van der Waals surface area contributed by atoms with Crippen LogP contribution in [0, 0.1) is 0 Å². The molecular formula is C22H25N5O2S. The van der Waals surface area contributed by atoms with Gasteiger partial charge in [-0.05, 0) is 42.8 Å². The van der Waals surface area contributed by atoms with E-state index in [1.807, 2.05) is 56.7 Å². The summed E-state index contributed by atoms with van der Waals surface area (Å²) in [6.07, 6.45) is 3.72. The summed E-state index contributed by atoms with van der Waals surface area (Å²) in [5, 5.41) is 17.7. The average molecular weight is 424 g/mol. The lowest BCUT2D eigenvalue weighted by molar-refractivity contribution is 0.0310. The number of pyridine rings is 1. The number of aliphatic hydroxyl groups is 1. The highest BCUT2D eigenvalue weighted by Gasteiger charge is 2.36. The zero-order valence-electron chi connectivity index (χ0n) is 17.2. The Morgan fingerprint density at radius 3 is 2.70 bits per heavy atom. The first kappa shape index (κ1) is 20.4. The second-order valence-electron chi connectivity index (χ2n) is 7.85. The summed E-state index contributed by atoms with van der Waals surface area (Å²) in [6.45, 7) is 5.18. The van der Waals surface area contributed by atoms with E-state index in [-0.39, 0.29) is 5.92 Å². The second kappa shape index (κ2) is 8.12. The summed E-state index contributed by atoms with van der Waals surface area (Å²) in [4.78, 5) is 18.5. The summed E-state index contributed by atoms with van der Waals surface area (Å²) < 4.78 is 1.77. The van der Waals surface area contributed by atoms with Crippen molar-refractivity contribution in [2.45, 2.75) is 30.3 Å². The number of aromatic nitrogens is 3. The van der Waals surface area contributed by atoms with Crippen molar-refractivity contribution in [3.05, 3.63) is 60.0 Å². The van der Waals surface area contributed by atoms with Crippen LogP contribution < -0.4 is 10.2 Å². The molecule has 1 saturated heterocycles. The van der Waals surface area contributed by atoms with Gasteiger partial charge in [0.1, 0.15) is 0 Å². The molecule has 1 aromatic carbocycles. The van der Waals surface area contributed by atoms with Crippen molar-refractivity contribution < 1.29 is 9.90 Å². The van der Waals surface area contributed by atoms with E-state index in [9.17, 15) is 9.90 Å². The van der Waals surface area contributed by atoms with Crippen LogP contribution in [0.4, 0.5) is 11.4 Å². The summed E-state index contributed by atoms with van der Waals surface area (Å²) in [7, 11) is 1.84. The van der Waals surface area contributed by atoms with E-state index in [2.05, 4.69) is 28.2 Å². The molecular weight excluding hydrogens is 398 g/mol. The third-order valence-electron chi connectivity index (χ3n) is 5.40. The molecule has 1 atom stereocenters. The van der Waals surface area contributed by atoms with Gasteiger partial charge in [-0.1, -0.05) is 24.8 Å². The molecule has 3 heterocycles. The standard InChI is InChI=1S/C22H25N5O2S/c1-15(16-4-6-19(23-3)20(10-16)30-14-28)18-8-9-27(25-18)21-7-5-17(11-24-21)26-12-22(2,29)13-26/h4-11,14-15,23,29H,12-13H2,1-3H3. The monoisotopic (exact) mass is 423 g/mol. The number of hydrogen-bond donors (Lipinski definition) is 2. The molecule has 1 unspecified atom stereocenters. The topological polar surface area (TPSA) is 83.3 Å². The van der Waals surface area contributed by atoms with E-state index in [0.717, 1.165) is 39.0 Å². The molecule has 0 radical (unpaired) electrons. The first-order valence-corrected chi connectivity index (χ1v) is 10.7. The summed E-state index contributed by atoms with van der Waals surface area (Å²) in [5.74, 6) is 0.818. The molecule has 0 saturated carbocycles. The Kier molecular flexibility index (Phi) is 5.53. The Balaban J connectivity index is 1.51. The molecule has 3 aromatic rings. The molecule has 1 fully saturated rings. The van der Waals surface area contributed by atoms with Gasteiger partial charge >= 0.3 is 0 Å². The molecule has 0 bridgehead atoms. The van der Waals surface area contributed by atoms with E-state index in [1.54, 1.807) is 4.68 Å². The number of thioether (sulfide) groups is 1. The van der Waals surface area contributed by atoms with Crippen LogP contribution in [-0.2, 0) is 4.79 Å². The molecule has 30 heavy (non-hydrogen) atoms. The zero-order valence-corrected chi connectivity index (χ0v) is 18.1. The quantitative estimate of drug-likeness (QED) is 0.446. The highest BCUT2D eigenvalue weighted by Crippen LogP contribution is 2.32. The number of rotatable bonds is 7. The minimum Gasteiger partial charge on any atom is -0.387 e. The summed E-state index contributed by atoms with van der Waals surface area (Å²) >= 11 is 1.17. The Morgan fingerprint density at radius 1 is 1.27 bits per heavy atom. The number of nitrogens with zero attached hydrogens (tertiary/aromatic N) is 4. The third-order valence-corrected chi connectivity index (χ3v) is 6.09. The normalized spacial score (nSPS) is 16.1. The number of carbonyl (C=O) groups is 1. The Hall–Kier alpha value is -2.84. The van der Waals surface area contributed by atoms with Gasteiger partial charge in [0.15, 0.2) is 11.4 Å². The van der Waals surface area contributed by atoms with E-state index < -0.39 is 5.60 Å². The fraction of sp³-hybridized carbons (Fsp3) is 0.318. The second-order valence-corrected chi connectivity index (χ2v) is 8.72. The van der Waals surface area contributed by atoms with Crippen molar-refractivity contribution in [1.29, 1.82) is 0 Å². The van der Waals surface area contributed by atoms with E-state index in [1.165, 1.54) is 11.8 Å². The maximum absolute atomic E-state index is 11.0. The number of β-amino-alcohol motifs (C(OH)–C–C–N with tert-alkyl or cyclic N) is 1. The molecule has 1 aliphatic rings. The molecule has 0 aliphatic carbocycles. The van der Waals surface area contributed by atoms with Crippen molar-refractivity contribution in [3.63, 3.8) is 0 Å². The van der Waals surface area contributed by atoms with Crippen LogP contribution in [0.5, 0.6) is 0 Å². The maximum atomic E-state index is 11.0. The van der Waals surface area contributed by atoms with Crippen molar-refractivity contribution in [3.8, 4) is 5.82 Å². The van der Waals surface area contributed by atoms with Crippen LogP contribution in [0.3, 0.4) is 0 Å². The highest BCUT2D eigenvalue weighted by molar-refractivity contribution is 8.12. The zero-order chi connectivity index (χ0) is 21.3. The predicted octanol–water partition coefficient (Wildman–Crippen LogP) is 3.31. The SMILES string of the molecule is CNc1ccc(C(C)c2ccn(-c3ccc(N4CC(C)(O)C4)cn3)n2)cc1SC=O. The fourth-order valence-corrected chi connectivity index (χ4v) is 4.30. The van der Waals surface area contributed by atoms with Gasteiger partial charge in [-0.15, -0.1) is 0 Å².